The molecule has 0 saturated carbocycles. The first-order valence-corrected chi connectivity index (χ1v) is 7.64. The van der Waals surface area contributed by atoms with Gasteiger partial charge in [-0.2, -0.15) is 0 Å². The van der Waals surface area contributed by atoms with Crippen molar-refractivity contribution < 1.29 is 0 Å². The quantitative estimate of drug-likeness (QED) is 0.599. The summed E-state index contributed by atoms with van der Waals surface area (Å²) in [5.41, 5.74) is 1.32. The van der Waals surface area contributed by atoms with Crippen molar-refractivity contribution in [2.75, 3.05) is 0 Å². The van der Waals surface area contributed by atoms with Crippen molar-refractivity contribution in [2.24, 2.45) is 0 Å². The summed E-state index contributed by atoms with van der Waals surface area (Å²) in [6, 6.07) is 19.5. The summed E-state index contributed by atoms with van der Waals surface area (Å²) in [4.78, 5) is 5.65. The first-order chi connectivity index (χ1) is 8.81. The molecular weight excluding hydrogens is 256 g/mol. The van der Waals surface area contributed by atoms with E-state index in [2.05, 4.69) is 61.5 Å². The molecule has 0 spiro atoms. The number of rotatable bonds is 3. The third kappa shape index (κ3) is 2.55. The smallest absolute Gasteiger partial charge is 0.0345 e. The second-order valence-corrected chi connectivity index (χ2v) is 6.86. The maximum absolute atomic E-state index is 2.25. The van der Waals surface area contributed by atoms with E-state index in [0.717, 1.165) is 6.42 Å². The molecule has 0 amide bonds. The Bertz CT molecular complexity index is 632. The average molecular weight is 270 g/mol. The zero-order valence-corrected chi connectivity index (χ0v) is 11.9. The Labute approximate surface area is 116 Å². The van der Waals surface area contributed by atoms with Gasteiger partial charge in [0.15, 0.2) is 0 Å². The Kier molecular flexibility index (Phi) is 3.31. The first-order valence-electron chi connectivity index (χ1n) is 6.01. The highest BCUT2D eigenvalue weighted by atomic mass is 32.1. The summed E-state index contributed by atoms with van der Waals surface area (Å²) in [7, 11) is 0. The lowest BCUT2D eigenvalue weighted by Crippen LogP contribution is -1.76. The second-order valence-electron chi connectivity index (χ2n) is 4.32. The zero-order chi connectivity index (χ0) is 12.4. The minimum atomic E-state index is 1.07. The molecule has 0 unspecified atom stereocenters. The summed E-state index contributed by atoms with van der Waals surface area (Å²) in [5.74, 6) is 0. The highest BCUT2D eigenvalue weighted by Gasteiger charge is 2.04. The molecule has 0 nitrogen and oxygen atoms in total. The first kappa shape index (κ1) is 11.7. The Morgan fingerprint density at radius 2 is 1.50 bits per heavy atom. The molecule has 3 aromatic rings. The van der Waals surface area contributed by atoms with E-state index in [1.807, 2.05) is 22.7 Å². The van der Waals surface area contributed by atoms with Crippen LogP contribution >= 0.6 is 22.7 Å². The van der Waals surface area contributed by atoms with Crippen molar-refractivity contribution in [3.63, 3.8) is 0 Å². The molecule has 0 N–H and O–H groups in total. The standard InChI is InChI=1S/C16H14S2/c1-12-7-8-14(17-12)11-15-9-10-16(18-15)13-5-3-2-4-6-13/h2-10H,11H2,1H3. The van der Waals surface area contributed by atoms with Crippen molar-refractivity contribution >= 4 is 22.7 Å². The molecule has 0 fully saturated rings. The van der Waals surface area contributed by atoms with Gasteiger partial charge in [-0.3, -0.25) is 0 Å². The van der Waals surface area contributed by atoms with Crippen LogP contribution in [0.15, 0.2) is 54.6 Å². The summed E-state index contributed by atoms with van der Waals surface area (Å²) < 4.78 is 0. The van der Waals surface area contributed by atoms with Gasteiger partial charge < -0.3 is 0 Å². The topological polar surface area (TPSA) is 0 Å². The van der Waals surface area contributed by atoms with E-state index in [1.54, 1.807) is 0 Å². The molecule has 0 aliphatic heterocycles. The molecular formula is C16H14S2. The van der Waals surface area contributed by atoms with Crippen LogP contribution in [0.2, 0.25) is 0 Å². The third-order valence-electron chi connectivity index (χ3n) is 2.86. The van der Waals surface area contributed by atoms with E-state index in [-0.39, 0.29) is 0 Å². The van der Waals surface area contributed by atoms with Crippen molar-refractivity contribution in [1.29, 1.82) is 0 Å². The van der Waals surface area contributed by atoms with Crippen LogP contribution in [0.5, 0.6) is 0 Å². The fraction of sp³-hybridized carbons (Fsp3) is 0.125. The van der Waals surface area contributed by atoms with Crippen LogP contribution in [-0.4, -0.2) is 0 Å². The average Bonchev–Trinajstić information content (AvgIpc) is 3.01. The van der Waals surface area contributed by atoms with Crippen LogP contribution in [0.4, 0.5) is 0 Å². The van der Waals surface area contributed by atoms with Crippen molar-refractivity contribution in [3.05, 3.63) is 69.2 Å². The van der Waals surface area contributed by atoms with Gasteiger partial charge >= 0.3 is 0 Å². The minimum Gasteiger partial charge on any atom is -0.145 e. The predicted molar refractivity (Wildman–Crippen MR) is 81.6 cm³/mol. The van der Waals surface area contributed by atoms with E-state index in [9.17, 15) is 0 Å². The molecule has 0 saturated heterocycles. The van der Waals surface area contributed by atoms with Gasteiger partial charge in [-0.25, -0.2) is 0 Å². The maximum atomic E-state index is 2.25. The fourth-order valence-corrected chi connectivity index (χ4v) is 4.02. The number of hydrogen-bond donors (Lipinski definition) is 0. The van der Waals surface area contributed by atoms with Crippen LogP contribution in [0.1, 0.15) is 14.6 Å². The van der Waals surface area contributed by atoms with Crippen LogP contribution in [0.25, 0.3) is 10.4 Å². The summed E-state index contributed by atoms with van der Waals surface area (Å²) in [6.07, 6.45) is 1.07. The molecule has 0 radical (unpaired) electrons. The fourth-order valence-electron chi connectivity index (χ4n) is 1.98. The number of hydrogen-bond acceptors (Lipinski definition) is 2. The normalized spacial score (nSPS) is 10.7. The number of aryl methyl sites for hydroxylation is 1. The summed E-state index contributed by atoms with van der Waals surface area (Å²) in [5, 5.41) is 0. The maximum Gasteiger partial charge on any atom is 0.0345 e. The Morgan fingerprint density at radius 1 is 0.778 bits per heavy atom. The predicted octanol–water partition coefficient (Wildman–Crippen LogP) is 5.38. The van der Waals surface area contributed by atoms with Crippen LogP contribution in [0, 0.1) is 6.92 Å². The van der Waals surface area contributed by atoms with Crippen molar-refractivity contribution in [2.45, 2.75) is 13.3 Å². The summed E-state index contributed by atoms with van der Waals surface area (Å²) >= 11 is 3.79. The number of benzene rings is 1. The number of thiophene rings is 2. The molecule has 2 aromatic heterocycles. The zero-order valence-electron chi connectivity index (χ0n) is 10.2. The minimum absolute atomic E-state index is 1.07. The molecule has 0 aliphatic carbocycles. The lowest BCUT2D eigenvalue weighted by Gasteiger charge is -1.95. The highest BCUT2D eigenvalue weighted by molar-refractivity contribution is 7.16. The Morgan fingerprint density at radius 3 is 2.22 bits per heavy atom. The van der Waals surface area contributed by atoms with Gasteiger partial charge in [-0.15, -0.1) is 22.7 Å². The molecule has 0 aliphatic rings. The molecule has 3 rings (SSSR count). The monoisotopic (exact) mass is 270 g/mol. The van der Waals surface area contributed by atoms with Crippen molar-refractivity contribution in [3.8, 4) is 10.4 Å². The van der Waals surface area contributed by atoms with Gasteiger partial charge in [0.25, 0.3) is 0 Å². The van der Waals surface area contributed by atoms with Gasteiger partial charge in [0.2, 0.25) is 0 Å². The van der Waals surface area contributed by atoms with E-state index < -0.39 is 0 Å². The molecule has 90 valence electrons. The third-order valence-corrected chi connectivity index (χ3v) is 5.00. The van der Waals surface area contributed by atoms with E-state index >= 15 is 0 Å². The molecule has 18 heavy (non-hydrogen) atoms. The van der Waals surface area contributed by atoms with Gasteiger partial charge in [-0.1, -0.05) is 30.3 Å². The molecule has 0 bridgehead atoms. The van der Waals surface area contributed by atoms with Gasteiger partial charge in [0.1, 0.15) is 0 Å². The van der Waals surface area contributed by atoms with Gasteiger partial charge in [0.05, 0.1) is 0 Å². The Hall–Kier alpha value is -1.38. The Balaban J connectivity index is 1.82. The lowest BCUT2D eigenvalue weighted by molar-refractivity contribution is 1.31. The lowest BCUT2D eigenvalue weighted by atomic mass is 10.2. The van der Waals surface area contributed by atoms with Gasteiger partial charge in [0, 0.05) is 25.9 Å². The van der Waals surface area contributed by atoms with Crippen LogP contribution in [0.3, 0.4) is 0 Å². The molecule has 0 atom stereocenters. The van der Waals surface area contributed by atoms with E-state index in [0.29, 0.717) is 0 Å². The summed E-state index contributed by atoms with van der Waals surface area (Å²) in [6.45, 7) is 2.16. The van der Waals surface area contributed by atoms with Crippen LogP contribution in [-0.2, 0) is 6.42 Å². The highest BCUT2D eigenvalue weighted by Crippen LogP contribution is 2.30. The largest absolute Gasteiger partial charge is 0.145 e. The van der Waals surface area contributed by atoms with Crippen molar-refractivity contribution in [1.82, 2.24) is 0 Å². The molecule has 2 heteroatoms. The molecule has 1 aromatic carbocycles. The van der Waals surface area contributed by atoms with E-state index in [4.69, 9.17) is 0 Å². The SMILES string of the molecule is Cc1ccc(Cc2ccc(-c3ccccc3)s2)s1. The van der Waals surface area contributed by atoms with E-state index in [1.165, 1.54) is 25.1 Å². The molecule has 2 heterocycles. The van der Waals surface area contributed by atoms with Crippen LogP contribution < -0.4 is 0 Å². The second kappa shape index (κ2) is 5.09. The van der Waals surface area contributed by atoms with Gasteiger partial charge in [-0.05, 0) is 36.8 Å².